The molecule has 15 heavy (non-hydrogen) atoms. The Kier molecular flexibility index (Phi) is 2.78. The Labute approximate surface area is 93.9 Å². The van der Waals surface area contributed by atoms with Gasteiger partial charge in [0.2, 0.25) is 0 Å². The Morgan fingerprint density at radius 3 is 2.93 bits per heavy atom. The smallest absolute Gasteiger partial charge is 0.159 e. The van der Waals surface area contributed by atoms with E-state index in [0.29, 0.717) is 11.4 Å². The van der Waals surface area contributed by atoms with E-state index >= 15 is 0 Å². The van der Waals surface area contributed by atoms with Crippen molar-refractivity contribution in [1.29, 1.82) is 0 Å². The maximum atomic E-state index is 11.4. The van der Waals surface area contributed by atoms with Gasteiger partial charge in [0.25, 0.3) is 0 Å². The van der Waals surface area contributed by atoms with Crippen LogP contribution in [0.4, 0.5) is 0 Å². The molecule has 1 heterocycles. The Hall–Kier alpha value is -1.28. The van der Waals surface area contributed by atoms with Gasteiger partial charge in [0.1, 0.15) is 0 Å². The van der Waals surface area contributed by atoms with Crippen molar-refractivity contribution in [2.45, 2.75) is 19.4 Å². The van der Waals surface area contributed by atoms with Crippen molar-refractivity contribution in [2.75, 3.05) is 0 Å². The molecule has 2 rings (SSSR count). The number of carbonyl (C=O) groups excluding carboxylic acids is 1. The Bertz CT molecular complexity index is 425. The predicted molar refractivity (Wildman–Crippen MR) is 60.7 cm³/mol. The molecule has 1 aromatic rings. The van der Waals surface area contributed by atoms with Crippen LogP contribution >= 0.6 is 11.6 Å². The lowest BCUT2D eigenvalue weighted by Crippen LogP contribution is -2.26. The lowest BCUT2D eigenvalue weighted by Gasteiger charge is -2.23. The lowest BCUT2D eigenvalue weighted by atomic mass is 9.98. The van der Waals surface area contributed by atoms with Gasteiger partial charge in [-0.1, -0.05) is 23.7 Å². The largest absolute Gasteiger partial charge is 0.381 e. The topological polar surface area (TPSA) is 29.1 Å². The van der Waals surface area contributed by atoms with Gasteiger partial charge in [-0.25, -0.2) is 0 Å². The van der Waals surface area contributed by atoms with Crippen LogP contribution in [-0.2, 0) is 4.79 Å². The van der Waals surface area contributed by atoms with Crippen LogP contribution in [0.25, 0.3) is 0 Å². The molecule has 0 bridgehead atoms. The van der Waals surface area contributed by atoms with Crippen molar-refractivity contribution in [3.63, 3.8) is 0 Å². The van der Waals surface area contributed by atoms with E-state index in [1.54, 1.807) is 6.08 Å². The first-order chi connectivity index (χ1) is 7.15. The van der Waals surface area contributed by atoms with Gasteiger partial charge in [0.15, 0.2) is 5.78 Å². The molecule has 0 amide bonds. The fraction of sp³-hybridized carbons (Fsp3) is 0.250. The molecule has 0 fully saturated rings. The molecule has 0 aliphatic carbocycles. The lowest BCUT2D eigenvalue weighted by molar-refractivity contribution is -0.115. The zero-order chi connectivity index (χ0) is 10.8. The van der Waals surface area contributed by atoms with Crippen molar-refractivity contribution >= 4 is 17.4 Å². The maximum absolute atomic E-state index is 11.4. The third-order valence-corrected chi connectivity index (χ3v) is 2.67. The molecule has 1 aromatic carbocycles. The number of hydrogen-bond donors (Lipinski definition) is 1. The van der Waals surface area contributed by atoms with Gasteiger partial charge < -0.3 is 5.32 Å². The standard InChI is InChI=1S/C12H12ClNO/c1-8-5-11(15)7-12(14-8)9-3-2-4-10(13)6-9/h2-6,12,14H,7H2,1H3/t12-/m1/s1. The second-order valence-electron chi connectivity index (χ2n) is 3.75. The van der Waals surface area contributed by atoms with Crippen LogP contribution in [0.3, 0.4) is 0 Å². The van der Waals surface area contributed by atoms with Gasteiger partial charge in [-0.2, -0.15) is 0 Å². The van der Waals surface area contributed by atoms with Crippen molar-refractivity contribution in [1.82, 2.24) is 5.32 Å². The molecule has 3 heteroatoms. The molecule has 1 aliphatic heterocycles. The first kappa shape index (κ1) is 10.2. The monoisotopic (exact) mass is 221 g/mol. The van der Waals surface area contributed by atoms with Gasteiger partial charge in [0.05, 0.1) is 6.04 Å². The van der Waals surface area contributed by atoms with Gasteiger partial charge in [-0.15, -0.1) is 0 Å². The van der Waals surface area contributed by atoms with E-state index in [-0.39, 0.29) is 11.8 Å². The molecule has 1 atom stereocenters. The Morgan fingerprint density at radius 2 is 2.27 bits per heavy atom. The SMILES string of the molecule is CC1=CC(=O)C[C@H](c2cccc(Cl)c2)N1. The molecule has 78 valence electrons. The number of ketones is 1. The minimum Gasteiger partial charge on any atom is -0.381 e. The summed E-state index contributed by atoms with van der Waals surface area (Å²) in [6.07, 6.45) is 2.14. The summed E-state index contributed by atoms with van der Waals surface area (Å²) in [5.41, 5.74) is 1.97. The Morgan fingerprint density at radius 1 is 1.47 bits per heavy atom. The summed E-state index contributed by atoms with van der Waals surface area (Å²) in [5.74, 6) is 0.163. The number of carbonyl (C=O) groups is 1. The summed E-state index contributed by atoms with van der Waals surface area (Å²) in [7, 11) is 0. The van der Waals surface area contributed by atoms with Crippen LogP contribution in [0.5, 0.6) is 0 Å². The van der Waals surface area contributed by atoms with Crippen LogP contribution in [0.1, 0.15) is 24.9 Å². The third kappa shape index (κ3) is 2.39. The predicted octanol–water partition coefficient (Wildman–Crippen LogP) is 2.85. The maximum Gasteiger partial charge on any atom is 0.159 e. The minimum absolute atomic E-state index is 0.0567. The number of rotatable bonds is 1. The van der Waals surface area contributed by atoms with Crippen LogP contribution < -0.4 is 5.32 Å². The average molecular weight is 222 g/mol. The molecule has 0 saturated carbocycles. The summed E-state index contributed by atoms with van der Waals surface area (Å²) >= 11 is 5.91. The number of halogens is 1. The molecule has 0 unspecified atom stereocenters. The number of hydrogen-bond acceptors (Lipinski definition) is 2. The zero-order valence-electron chi connectivity index (χ0n) is 8.46. The highest BCUT2D eigenvalue weighted by atomic mass is 35.5. The normalized spacial score (nSPS) is 20.8. The summed E-state index contributed by atoms with van der Waals surface area (Å²) < 4.78 is 0. The van der Waals surface area contributed by atoms with Gasteiger partial charge in [0, 0.05) is 17.1 Å². The molecule has 1 N–H and O–H groups in total. The molecule has 1 aliphatic rings. The second-order valence-corrected chi connectivity index (χ2v) is 4.19. The number of allylic oxidation sites excluding steroid dienone is 2. The van der Waals surface area contributed by atoms with Gasteiger partial charge >= 0.3 is 0 Å². The Balaban J connectivity index is 2.26. The van der Waals surface area contributed by atoms with E-state index in [1.807, 2.05) is 31.2 Å². The van der Waals surface area contributed by atoms with Gasteiger partial charge in [-0.05, 0) is 30.7 Å². The number of nitrogens with one attached hydrogen (secondary N) is 1. The van der Waals surface area contributed by atoms with E-state index < -0.39 is 0 Å². The van der Waals surface area contributed by atoms with Crippen molar-refractivity contribution in [2.24, 2.45) is 0 Å². The van der Waals surface area contributed by atoms with Crippen LogP contribution in [0.15, 0.2) is 36.0 Å². The minimum atomic E-state index is 0.0567. The van der Waals surface area contributed by atoms with E-state index in [1.165, 1.54) is 0 Å². The summed E-state index contributed by atoms with van der Waals surface area (Å²) in [4.78, 5) is 11.4. The fourth-order valence-electron chi connectivity index (χ4n) is 1.79. The highest BCUT2D eigenvalue weighted by molar-refractivity contribution is 6.30. The molecule has 0 radical (unpaired) electrons. The molecular weight excluding hydrogens is 210 g/mol. The first-order valence-electron chi connectivity index (χ1n) is 4.88. The molecule has 0 saturated heterocycles. The first-order valence-corrected chi connectivity index (χ1v) is 5.26. The van der Waals surface area contributed by atoms with Crippen molar-refractivity contribution in [3.05, 3.63) is 46.6 Å². The van der Waals surface area contributed by atoms with Crippen LogP contribution in [0.2, 0.25) is 5.02 Å². The zero-order valence-corrected chi connectivity index (χ0v) is 9.21. The van der Waals surface area contributed by atoms with E-state index in [9.17, 15) is 4.79 Å². The summed E-state index contributed by atoms with van der Waals surface area (Å²) in [6, 6.07) is 7.66. The molecule has 2 nitrogen and oxygen atoms in total. The summed E-state index contributed by atoms with van der Waals surface area (Å²) in [5, 5.41) is 3.97. The van der Waals surface area contributed by atoms with Crippen LogP contribution in [-0.4, -0.2) is 5.78 Å². The van der Waals surface area contributed by atoms with Gasteiger partial charge in [-0.3, -0.25) is 4.79 Å². The van der Waals surface area contributed by atoms with Crippen LogP contribution in [0, 0.1) is 0 Å². The fourth-order valence-corrected chi connectivity index (χ4v) is 1.99. The van der Waals surface area contributed by atoms with Crippen molar-refractivity contribution < 1.29 is 4.79 Å². The van der Waals surface area contributed by atoms with E-state index in [0.717, 1.165) is 11.3 Å². The molecular formula is C12H12ClNO. The van der Waals surface area contributed by atoms with Crippen molar-refractivity contribution in [3.8, 4) is 0 Å². The van der Waals surface area contributed by atoms with E-state index in [2.05, 4.69) is 5.32 Å². The molecule has 0 spiro atoms. The summed E-state index contributed by atoms with van der Waals surface area (Å²) in [6.45, 7) is 1.90. The number of benzene rings is 1. The highest BCUT2D eigenvalue weighted by Crippen LogP contribution is 2.24. The van der Waals surface area contributed by atoms with E-state index in [4.69, 9.17) is 11.6 Å². The third-order valence-electron chi connectivity index (χ3n) is 2.44. The molecule has 0 aromatic heterocycles. The highest BCUT2D eigenvalue weighted by Gasteiger charge is 2.19. The average Bonchev–Trinajstić information content (AvgIpc) is 2.16. The quantitative estimate of drug-likeness (QED) is 0.790. The second kappa shape index (κ2) is 4.07.